The van der Waals surface area contributed by atoms with Crippen LogP contribution in [-0.4, -0.2) is 53.2 Å². The monoisotopic (exact) mass is 255 g/mol. The third kappa shape index (κ3) is 3.68. The highest BCUT2D eigenvalue weighted by molar-refractivity contribution is 5.96. The molecule has 2 fully saturated rings. The predicted molar refractivity (Wildman–Crippen MR) is 66.0 cm³/mol. The van der Waals surface area contributed by atoms with E-state index in [4.69, 9.17) is 0 Å². The van der Waals surface area contributed by atoms with Crippen LogP contribution in [0.2, 0.25) is 0 Å². The van der Waals surface area contributed by atoms with E-state index in [1.807, 2.05) is 4.90 Å². The third-order valence-electron chi connectivity index (χ3n) is 3.50. The van der Waals surface area contributed by atoms with Crippen molar-refractivity contribution < 1.29 is 14.7 Å². The van der Waals surface area contributed by atoms with Gasteiger partial charge in [-0.1, -0.05) is 0 Å². The number of β-amino-alcohol motifs (C(OH)–C–C–N with tert-alkyl or cyclic N) is 1. The molecule has 2 atom stereocenters. The van der Waals surface area contributed by atoms with Gasteiger partial charge in [0.2, 0.25) is 5.91 Å². The normalized spacial score (nSPS) is 26.4. The number of amides is 3. The lowest BCUT2D eigenvalue weighted by Crippen LogP contribution is -2.53. The van der Waals surface area contributed by atoms with Gasteiger partial charge in [0, 0.05) is 12.6 Å². The Morgan fingerprint density at radius 3 is 2.67 bits per heavy atom. The highest BCUT2D eigenvalue weighted by atomic mass is 16.3. The van der Waals surface area contributed by atoms with Crippen LogP contribution >= 0.6 is 0 Å². The van der Waals surface area contributed by atoms with Crippen LogP contribution in [0.1, 0.15) is 32.6 Å². The summed E-state index contributed by atoms with van der Waals surface area (Å²) in [5.41, 5.74) is 0. The number of nitrogens with zero attached hydrogens (tertiary/aromatic N) is 1. The highest BCUT2D eigenvalue weighted by Gasteiger charge is 2.29. The van der Waals surface area contributed by atoms with Gasteiger partial charge in [0.1, 0.15) is 0 Å². The van der Waals surface area contributed by atoms with Crippen LogP contribution in [-0.2, 0) is 4.79 Å². The minimum Gasteiger partial charge on any atom is -0.392 e. The predicted octanol–water partition coefficient (Wildman–Crippen LogP) is -0.180. The molecule has 102 valence electrons. The molecule has 2 aliphatic rings. The number of hydrogen-bond donors (Lipinski definition) is 3. The Bertz CT molecular complexity index is 331. The lowest BCUT2D eigenvalue weighted by Gasteiger charge is -2.33. The fourth-order valence-electron chi connectivity index (χ4n) is 2.17. The van der Waals surface area contributed by atoms with Gasteiger partial charge in [-0.05, 0) is 39.2 Å². The van der Waals surface area contributed by atoms with E-state index in [2.05, 4.69) is 10.6 Å². The summed E-state index contributed by atoms with van der Waals surface area (Å²) in [5, 5.41) is 14.6. The maximum atomic E-state index is 11.9. The van der Waals surface area contributed by atoms with Crippen molar-refractivity contribution in [3.05, 3.63) is 0 Å². The van der Waals surface area contributed by atoms with Crippen LogP contribution in [0, 0.1) is 0 Å². The molecule has 0 radical (unpaired) electrons. The molecule has 6 nitrogen and oxygen atoms in total. The van der Waals surface area contributed by atoms with E-state index in [1.165, 1.54) is 0 Å². The number of rotatable bonds is 3. The van der Waals surface area contributed by atoms with Crippen molar-refractivity contribution in [2.75, 3.05) is 13.1 Å². The molecule has 1 heterocycles. The number of aliphatic hydroxyl groups excluding tert-OH is 1. The molecule has 18 heavy (non-hydrogen) atoms. The van der Waals surface area contributed by atoms with E-state index in [9.17, 15) is 14.7 Å². The zero-order chi connectivity index (χ0) is 13.1. The lowest BCUT2D eigenvalue weighted by molar-refractivity contribution is -0.125. The number of carbonyl (C=O) groups excluding carboxylic acids is 2. The van der Waals surface area contributed by atoms with Gasteiger partial charge in [-0.25, -0.2) is 4.79 Å². The van der Waals surface area contributed by atoms with Crippen molar-refractivity contribution >= 4 is 11.9 Å². The summed E-state index contributed by atoms with van der Waals surface area (Å²) in [6, 6.07) is -0.554. The average Bonchev–Trinajstić information content (AvgIpc) is 3.11. The number of likely N-dealkylation sites (tertiary alicyclic amines) is 1. The summed E-state index contributed by atoms with van der Waals surface area (Å²) in [4.78, 5) is 25.2. The van der Waals surface area contributed by atoms with Crippen molar-refractivity contribution in [3.63, 3.8) is 0 Å². The summed E-state index contributed by atoms with van der Waals surface area (Å²) >= 11 is 0. The number of urea groups is 1. The summed E-state index contributed by atoms with van der Waals surface area (Å²) in [6.45, 7) is 3.05. The van der Waals surface area contributed by atoms with Crippen LogP contribution in [0.4, 0.5) is 4.79 Å². The summed E-state index contributed by atoms with van der Waals surface area (Å²) in [6.07, 6.45) is 3.29. The van der Waals surface area contributed by atoms with E-state index in [1.54, 1.807) is 6.92 Å². The number of aliphatic hydroxyl groups is 1. The SMILES string of the molecule is C[C@H](C(=O)NC(=O)NC1CC1)N1CCC[C@@H](O)C1. The summed E-state index contributed by atoms with van der Waals surface area (Å²) < 4.78 is 0. The quantitative estimate of drug-likeness (QED) is 0.653. The maximum absolute atomic E-state index is 11.9. The molecule has 1 aliphatic carbocycles. The van der Waals surface area contributed by atoms with Crippen LogP contribution in [0.3, 0.4) is 0 Å². The molecule has 1 saturated carbocycles. The van der Waals surface area contributed by atoms with E-state index in [0.717, 1.165) is 32.2 Å². The van der Waals surface area contributed by atoms with Gasteiger partial charge < -0.3 is 10.4 Å². The van der Waals surface area contributed by atoms with Crippen molar-refractivity contribution in [3.8, 4) is 0 Å². The zero-order valence-electron chi connectivity index (χ0n) is 10.7. The number of carbonyl (C=O) groups is 2. The Kier molecular flexibility index (Phi) is 4.19. The second kappa shape index (κ2) is 5.67. The molecular weight excluding hydrogens is 234 g/mol. The molecule has 0 aromatic rings. The Morgan fingerprint density at radius 2 is 2.06 bits per heavy atom. The van der Waals surface area contributed by atoms with Crippen LogP contribution in [0.15, 0.2) is 0 Å². The van der Waals surface area contributed by atoms with Gasteiger partial charge in [-0.3, -0.25) is 15.0 Å². The lowest BCUT2D eigenvalue weighted by atomic mass is 10.1. The first kappa shape index (κ1) is 13.3. The Morgan fingerprint density at radius 1 is 1.33 bits per heavy atom. The number of hydrogen-bond acceptors (Lipinski definition) is 4. The first-order chi connectivity index (χ1) is 8.56. The van der Waals surface area contributed by atoms with E-state index >= 15 is 0 Å². The molecule has 0 unspecified atom stereocenters. The van der Waals surface area contributed by atoms with Crippen molar-refractivity contribution in [2.24, 2.45) is 0 Å². The minimum absolute atomic E-state index is 0.241. The van der Waals surface area contributed by atoms with E-state index < -0.39 is 6.03 Å². The van der Waals surface area contributed by atoms with E-state index in [-0.39, 0.29) is 24.1 Å². The Hall–Kier alpha value is -1.14. The van der Waals surface area contributed by atoms with Crippen LogP contribution < -0.4 is 10.6 Å². The van der Waals surface area contributed by atoms with Crippen LogP contribution in [0.25, 0.3) is 0 Å². The average molecular weight is 255 g/mol. The molecule has 2 rings (SSSR count). The van der Waals surface area contributed by atoms with Crippen molar-refractivity contribution in [1.82, 2.24) is 15.5 Å². The molecular formula is C12H21N3O3. The van der Waals surface area contributed by atoms with Gasteiger partial charge >= 0.3 is 6.03 Å². The molecule has 3 amide bonds. The first-order valence-corrected chi connectivity index (χ1v) is 6.59. The fraction of sp³-hybridized carbons (Fsp3) is 0.833. The van der Waals surface area contributed by atoms with Gasteiger partial charge in [0.15, 0.2) is 0 Å². The zero-order valence-corrected chi connectivity index (χ0v) is 10.7. The molecule has 3 N–H and O–H groups in total. The minimum atomic E-state index is -0.410. The Balaban J connectivity index is 1.77. The standard InChI is InChI=1S/C12H21N3O3/c1-8(15-6-2-3-10(16)7-15)11(17)14-12(18)13-9-4-5-9/h8-10,16H,2-7H2,1H3,(H2,13,14,17,18)/t8-,10-/m1/s1. The largest absolute Gasteiger partial charge is 0.392 e. The summed E-state index contributed by atoms with van der Waals surface area (Å²) in [5.74, 6) is -0.303. The molecule has 0 aromatic heterocycles. The maximum Gasteiger partial charge on any atom is 0.321 e. The van der Waals surface area contributed by atoms with Gasteiger partial charge in [-0.15, -0.1) is 0 Å². The number of piperidine rings is 1. The fourth-order valence-corrected chi connectivity index (χ4v) is 2.17. The molecule has 6 heteroatoms. The highest BCUT2D eigenvalue weighted by Crippen LogP contribution is 2.18. The smallest absolute Gasteiger partial charge is 0.321 e. The number of nitrogens with one attached hydrogen (secondary N) is 2. The topological polar surface area (TPSA) is 81.7 Å². The summed E-state index contributed by atoms with van der Waals surface area (Å²) in [7, 11) is 0. The molecule has 1 aliphatic heterocycles. The molecule has 1 saturated heterocycles. The third-order valence-corrected chi connectivity index (χ3v) is 3.50. The first-order valence-electron chi connectivity index (χ1n) is 6.59. The second-order valence-corrected chi connectivity index (χ2v) is 5.20. The van der Waals surface area contributed by atoms with E-state index in [0.29, 0.717) is 6.54 Å². The van der Waals surface area contributed by atoms with Gasteiger partial charge in [-0.2, -0.15) is 0 Å². The number of imide groups is 1. The molecule has 0 spiro atoms. The molecule has 0 bridgehead atoms. The van der Waals surface area contributed by atoms with Crippen LogP contribution in [0.5, 0.6) is 0 Å². The Labute approximate surface area is 107 Å². The van der Waals surface area contributed by atoms with Crippen molar-refractivity contribution in [2.45, 2.75) is 50.8 Å². The van der Waals surface area contributed by atoms with Crippen molar-refractivity contribution in [1.29, 1.82) is 0 Å². The second-order valence-electron chi connectivity index (χ2n) is 5.20. The molecule has 0 aromatic carbocycles. The van der Waals surface area contributed by atoms with Gasteiger partial charge in [0.25, 0.3) is 0 Å². The van der Waals surface area contributed by atoms with Gasteiger partial charge in [0.05, 0.1) is 12.1 Å².